The highest BCUT2D eigenvalue weighted by Gasteiger charge is 2.29. The lowest BCUT2D eigenvalue weighted by molar-refractivity contribution is -0.139. The van der Waals surface area contributed by atoms with Crippen LogP contribution in [0.1, 0.15) is 20.3 Å². The third-order valence-electron chi connectivity index (χ3n) is 1.98. The second-order valence-corrected chi connectivity index (χ2v) is 6.40. The summed E-state index contributed by atoms with van der Waals surface area (Å²) in [6.45, 7) is 3.06. The molecule has 1 unspecified atom stereocenters. The molecule has 0 bridgehead atoms. The van der Waals surface area contributed by atoms with E-state index in [1.807, 2.05) is 0 Å². The molecule has 0 aromatic carbocycles. The van der Waals surface area contributed by atoms with E-state index >= 15 is 0 Å². The van der Waals surface area contributed by atoms with Gasteiger partial charge in [0.15, 0.2) is 0 Å². The van der Waals surface area contributed by atoms with E-state index in [9.17, 15) is 14.0 Å². The van der Waals surface area contributed by atoms with Crippen LogP contribution in [0.25, 0.3) is 0 Å². The number of carbonyl (C=O) groups is 2. The van der Waals surface area contributed by atoms with E-state index in [-0.39, 0.29) is 17.7 Å². The van der Waals surface area contributed by atoms with Crippen LogP contribution in [-0.2, 0) is 9.63 Å². The van der Waals surface area contributed by atoms with Gasteiger partial charge in [0.1, 0.15) is 0 Å². The SMILES string of the molecule is CCC(C(=O)O)C(C)=NOC(=O)N(C)SC(F)(Cl)Cl. The third-order valence-corrected chi connectivity index (χ3v) is 3.02. The number of amides is 1. The molecule has 0 saturated heterocycles. The molecule has 1 amide bonds. The molecule has 0 rings (SSSR count). The molecule has 110 valence electrons. The van der Waals surface area contributed by atoms with E-state index in [2.05, 4.69) is 9.99 Å². The van der Waals surface area contributed by atoms with Crippen LogP contribution in [0.4, 0.5) is 9.18 Å². The molecule has 0 aliphatic carbocycles. The molecule has 0 aromatic rings. The van der Waals surface area contributed by atoms with Gasteiger partial charge in [0.2, 0.25) is 0 Å². The van der Waals surface area contributed by atoms with Crippen molar-refractivity contribution in [1.82, 2.24) is 4.31 Å². The average molecular weight is 335 g/mol. The topological polar surface area (TPSA) is 79.2 Å². The fourth-order valence-electron chi connectivity index (χ4n) is 1.07. The number of carbonyl (C=O) groups excluding carboxylic acids is 1. The molecule has 0 saturated carbocycles. The summed E-state index contributed by atoms with van der Waals surface area (Å²) in [5.74, 6) is -1.93. The molecule has 6 nitrogen and oxygen atoms in total. The first kappa shape index (κ1) is 18.3. The van der Waals surface area contributed by atoms with Crippen LogP contribution >= 0.6 is 35.1 Å². The summed E-state index contributed by atoms with van der Waals surface area (Å²) < 4.78 is 10.8. The minimum Gasteiger partial charge on any atom is -0.481 e. The largest absolute Gasteiger partial charge is 0.481 e. The fourth-order valence-corrected chi connectivity index (χ4v) is 2.11. The van der Waals surface area contributed by atoms with Gasteiger partial charge in [0.25, 0.3) is 0 Å². The summed E-state index contributed by atoms with van der Waals surface area (Å²) in [5.41, 5.74) is 0.116. The first-order chi connectivity index (χ1) is 8.58. The second kappa shape index (κ2) is 7.76. The maximum Gasteiger partial charge on any atom is 0.445 e. The monoisotopic (exact) mass is 334 g/mol. The van der Waals surface area contributed by atoms with Crippen LogP contribution in [0.5, 0.6) is 0 Å². The summed E-state index contributed by atoms with van der Waals surface area (Å²) >= 11 is 10.3. The number of hydrogen-bond donors (Lipinski definition) is 1. The van der Waals surface area contributed by atoms with E-state index < -0.39 is 21.9 Å². The van der Waals surface area contributed by atoms with E-state index in [0.717, 1.165) is 0 Å². The Kier molecular flexibility index (Phi) is 7.46. The molecule has 0 aliphatic rings. The minimum atomic E-state index is -2.68. The molecule has 0 aromatic heterocycles. The van der Waals surface area contributed by atoms with Crippen LogP contribution in [0.15, 0.2) is 5.16 Å². The number of carboxylic acid groups (broad SMARTS) is 1. The summed E-state index contributed by atoms with van der Waals surface area (Å²) in [7, 11) is 1.17. The van der Waals surface area contributed by atoms with E-state index in [0.29, 0.717) is 10.7 Å². The van der Waals surface area contributed by atoms with Crippen molar-refractivity contribution in [2.45, 2.75) is 24.2 Å². The molecular formula is C9H13Cl2FN2O4S. The van der Waals surface area contributed by atoms with E-state index in [1.165, 1.54) is 14.0 Å². The average Bonchev–Trinajstić information content (AvgIpc) is 2.23. The van der Waals surface area contributed by atoms with Gasteiger partial charge in [-0.05, 0) is 13.3 Å². The maximum absolute atomic E-state index is 12.8. The van der Waals surface area contributed by atoms with Gasteiger partial charge in [-0.2, -0.15) is 4.39 Å². The Balaban J connectivity index is 4.53. The first-order valence-corrected chi connectivity index (χ1v) is 6.59. The van der Waals surface area contributed by atoms with Crippen LogP contribution in [0, 0.1) is 5.92 Å². The predicted molar refractivity (Wildman–Crippen MR) is 71.9 cm³/mol. The van der Waals surface area contributed by atoms with Gasteiger partial charge in [-0.15, -0.1) is 0 Å². The lowest BCUT2D eigenvalue weighted by atomic mass is 10.0. The van der Waals surface area contributed by atoms with E-state index in [4.69, 9.17) is 28.3 Å². The maximum atomic E-state index is 12.8. The number of carboxylic acids is 1. The Morgan fingerprint density at radius 2 is 2.11 bits per heavy atom. The zero-order chi connectivity index (χ0) is 15.2. The predicted octanol–water partition coefficient (Wildman–Crippen LogP) is 3.25. The molecule has 0 fully saturated rings. The van der Waals surface area contributed by atoms with Crippen LogP contribution in [0.2, 0.25) is 0 Å². The number of alkyl halides is 3. The summed E-state index contributed by atoms with van der Waals surface area (Å²) in [4.78, 5) is 26.6. The molecule has 0 heterocycles. The third kappa shape index (κ3) is 7.44. The molecule has 1 N–H and O–H groups in total. The quantitative estimate of drug-likeness (QED) is 0.265. The number of rotatable bonds is 6. The number of oxime groups is 1. The Morgan fingerprint density at radius 3 is 2.47 bits per heavy atom. The first-order valence-electron chi connectivity index (χ1n) is 5.06. The molecule has 0 aliphatic heterocycles. The van der Waals surface area contributed by atoms with Gasteiger partial charge in [-0.25, -0.2) is 9.10 Å². The van der Waals surface area contributed by atoms with Gasteiger partial charge < -0.3 is 5.11 Å². The van der Waals surface area contributed by atoms with Gasteiger partial charge in [-0.3, -0.25) is 9.63 Å². The minimum absolute atomic E-state index is 0.116. The highest BCUT2D eigenvalue weighted by molar-refractivity contribution is 8.01. The number of halogens is 3. The van der Waals surface area contributed by atoms with Crippen molar-refractivity contribution in [3.8, 4) is 0 Å². The van der Waals surface area contributed by atoms with Gasteiger partial charge in [0.05, 0.1) is 11.6 Å². The second-order valence-electron chi connectivity index (χ2n) is 3.42. The lowest BCUT2D eigenvalue weighted by Crippen LogP contribution is -2.25. The molecular weight excluding hydrogens is 322 g/mol. The fraction of sp³-hybridized carbons (Fsp3) is 0.667. The zero-order valence-electron chi connectivity index (χ0n) is 10.4. The molecule has 19 heavy (non-hydrogen) atoms. The Hall–Kier alpha value is -0.730. The summed E-state index contributed by atoms with van der Waals surface area (Å²) in [5, 5.41) is 12.2. The molecule has 0 radical (unpaired) electrons. The van der Waals surface area contributed by atoms with Crippen molar-refractivity contribution < 1.29 is 23.9 Å². The van der Waals surface area contributed by atoms with Crippen LogP contribution in [0.3, 0.4) is 0 Å². The Labute approximate surface area is 124 Å². The van der Waals surface area contributed by atoms with Crippen molar-refractivity contribution in [2.75, 3.05) is 7.05 Å². The summed E-state index contributed by atoms with van der Waals surface area (Å²) in [6.07, 6.45) is -0.739. The number of aliphatic carboxylic acids is 1. The van der Waals surface area contributed by atoms with Crippen molar-refractivity contribution in [1.29, 1.82) is 0 Å². The van der Waals surface area contributed by atoms with Gasteiger partial charge >= 0.3 is 16.0 Å². The summed E-state index contributed by atoms with van der Waals surface area (Å²) in [6, 6.07) is 0. The standard InChI is InChI=1S/C9H13Cl2FN2O4S/c1-4-6(7(15)16)5(2)13-18-8(17)14(3)19-9(10,11)12/h6H,4H2,1-3H3,(H,15,16). The van der Waals surface area contributed by atoms with Crippen molar-refractivity contribution in [2.24, 2.45) is 11.1 Å². The number of nitrogens with zero attached hydrogens (tertiary/aromatic N) is 2. The molecule has 1 atom stereocenters. The number of hydrogen-bond acceptors (Lipinski definition) is 5. The Bertz CT molecular complexity index is 376. The molecule has 0 spiro atoms. The van der Waals surface area contributed by atoms with Gasteiger partial charge in [-0.1, -0.05) is 35.3 Å². The smallest absolute Gasteiger partial charge is 0.445 e. The normalized spacial score (nSPS) is 13.9. The van der Waals surface area contributed by atoms with Crippen molar-refractivity contribution >= 4 is 52.9 Å². The van der Waals surface area contributed by atoms with Gasteiger partial charge in [0, 0.05) is 19.0 Å². The van der Waals surface area contributed by atoms with Crippen LogP contribution in [-0.4, -0.2) is 38.2 Å². The van der Waals surface area contributed by atoms with Crippen LogP contribution < -0.4 is 0 Å². The highest BCUT2D eigenvalue weighted by Crippen LogP contribution is 2.37. The zero-order valence-corrected chi connectivity index (χ0v) is 12.7. The lowest BCUT2D eigenvalue weighted by Gasteiger charge is -2.17. The van der Waals surface area contributed by atoms with Crippen molar-refractivity contribution in [3.63, 3.8) is 0 Å². The van der Waals surface area contributed by atoms with E-state index in [1.54, 1.807) is 6.92 Å². The van der Waals surface area contributed by atoms with Crippen molar-refractivity contribution in [3.05, 3.63) is 0 Å². The highest BCUT2D eigenvalue weighted by atomic mass is 35.5. The molecule has 10 heteroatoms. The Morgan fingerprint density at radius 1 is 1.58 bits per heavy atom.